The van der Waals surface area contributed by atoms with E-state index >= 15 is 8.78 Å². The fourth-order valence-electron chi connectivity index (χ4n) is 4.27. The lowest BCUT2D eigenvalue weighted by atomic mass is 9.97. The molecule has 1 aliphatic rings. The molecule has 13 nitrogen and oxygen atoms in total. The lowest BCUT2D eigenvalue weighted by Crippen LogP contribution is -2.47. The third-order valence-electron chi connectivity index (χ3n) is 6.23. The van der Waals surface area contributed by atoms with Crippen LogP contribution in [0.1, 0.15) is 46.7 Å². The minimum absolute atomic E-state index is 0.0665. The van der Waals surface area contributed by atoms with Gasteiger partial charge < -0.3 is 23.8 Å². The summed E-state index contributed by atoms with van der Waals surface area (Å²) in [4.78, 5) is 25.0. The molecule has 0 radical (unpaired) electrons. The van der Waals surface area contributed by atoms with Crippen molar-refractivity contribution in [3.8, 4) is 11.6 Å². The van der Waals surface area contributed by atoms with E-state index in [4.69, 9.17) is 23.3 Å². The third kappa shape index (κ3) is 6.55. The van der Waals surface area contributed by atoms with Crippen LogP contribution in [0.25, 0.3) is 11.2 Å². The Labute approximate surface area is 241 Å². The second kappa shape index (κ2) is 12.2. The first-order valence-corrected chi connectivity index (χ1v) is 14.8. The highest BCUT2D eigenvalue weighted by Crippen LogP contribution is 2.52. The number of ether oxygens (including phenoxy) is 3. The summed E-state index contributed by atoms with van der Waals surface area (Å²) in [7, 11) is -4.56. The third-order valence-corrected chi connectivity index (χ3v) is 7.85. The van der Waals surface area contributed by atoms with Crippen molar-refractivity contribution in [2.75, 3.05) is 13.2 Å². The first kappa shape index (κ1) is 31.7. The number of alkyl halides is 2. The molecule has 0 saturated carbocycles. The molecule has 0 unspecified atom stereocenters. The van der Waals surface area contributed by atoms with E-state index in [9.17, 15) is 14.5 Å². The second-order valence-electron chi connectivity index (χ2n) is 10.2. The predicted octanol–water partition coefficient (Wildman–Crippen LogP) is 3.95. The van der Waals surface area contributed by atoms with Crippen molar-refractivity contribution in [3.63, 3.8) is 0 Å². The molecule has 1 aromatic carbocycles. The van der Waals surface area contributed by atoms with Crippen LogP contribution in [-0.2, 0) is 23.4 Å². The monoisotopic (exact) mass is 613 g/mol. The van der Waals surface area contributed by atoms with E-state index in [2.05, 4.69) is 20.0 Å². The van der Waals surface area contributed by atoms with Gasteiger partial charge in [-0.15, -0.1) is 0 Å². The summed E-state index contributed by atoms with van der Waals surface area (Å²) in [6.07, 6.45) is -3.51. The van der Waals surface area contributed by atoms with Crippen LogP contribution < -0.4 is 14.3 Å². The van der Waals surface area contributed by atoms with E-state index in [0.717, 1.165) is 17.8 Å². The molecule has 1 fully saturated rings. The SMILES string of the molecule is CCOc1nc(C)nc2c1ncn2[C@@H]1O[C@](F)(CO[P@](=O)(N[C@@H](C)C(=O)OC(C)C)Oc2ccccc2)[C@@H](O)[C@@]1(C)F. The summed E-state index contributed by atoms with van der Waals surface area (Å²) in [6, 6.07) is 6.56. The number of aliphatic hydroxyl groups excluding tert-OH is 1. The van der Waals surface area contributed by atoms with Gasteiger partial charge in [-0.25, -0.2) is 23.3 Å². The Hall–Kier alpha value is -3.23. The maximum atomic E-state index is 16.2. The van der Waals surface area contributed by atoms with Crippen molar-refractivity contribution in [2.45, 2.75) is 77.5 Å². The molecule has 0 bridgehead atoms. The summed E-state index contributed by atoms with van der Waals surface area (Å²) < 4.78 is 74.0. The molecule has 2 aromatic heterocycles. The molecule has 0 aliphatic carbocycles. The van der Waals surface area contributed by atoms with Gasteiger partial charge in [-0.1, -0.05) is 18.2 Å². The lowest BCUT2D eigenvalue weighted by Gasteiger charge is -2.28. The van der Waals surface area contributed by atoms with Crippen LogP contribution in [0, 0.1) is 6.92 Å². The number of aromatic nitrogens is 4. The molecule has 0 spiro atoms. The maximum Gasteiger partial charge on any atom is 0.459 e. The molecule has 16 heteroatoms. The van der Waals surface area contributed by atoms with Crippen LogP contribution in [0.5, 0.6) is 11.6 Å². The summed E-state index contributed by atoms with van der Waals surface area (Å²) in [6.45, 7) is 7.90. The Kier molecular flexibility index (Phi) is 9.19. The average molecular weight is 614 g/mol. The summed E-state index contributed by atoms with van der Waals surface area (Å²) in [5.41, 5.74) is -2.49. The van der Waals surface area contributed by atoms with Crippen molar-refractivity contribution in [2.24, 2.45) is 0 Å². The molecule has 2 N–H and O–H groups in total. The summed E-state index contributed by atoms with van der Waals surface area (Å²) >= 11 is 0. The van der Waals surface area contributed by atoms with E-state index in [-0.39, 0.29) is 35.2 Å². The molecular formula is C26H34F2N5O8P. The van der Waals surface area contributed by atoms with Crippen LogP contribution in [0.15, 0.2) is 36.7 Å². The zero-order valence-corrected chi connectivity index (χ0v) is 24.9. The number of halogens is 2. The number of hydrogen-bond donors (Lipinski definition) is 2. The number of imidazole rings is 1. The number of fused-ring (bicyclic) bond motifs is 1. The van der Waals surface area contributed by atoms with Crippen molar-refractivity contribution < 1.29 is 46.5 Å². The van der Waals surface area contributed by atoms with E-state index in [0.29, 0.717) is 0 Å². The number of para-hydroxylation sites is 1. The average Bonchev–Trinajstić information content (AvgIpc) is 3.40. The highest BCUT2D eigenvalue weighted by Gasteiger charge is 2.65. The fraction of sp³-hybridized carbons (Fsp3) is 0.538. The number of esters is 1. The van der Waals surface area contributed by atoms with E-state index in [1.165, 1.54) is 19.1 Å². The van der Waals surface area contributed by atoms with E-state index in [1.54, 1.807) is 45.9 Å². The quantitative estimate of drug-likeness (QED) is 0.224. The van der Waals surface area contributed by atoms with Gasteiger partial charge >= 0.3 is 13.7 Å². The lowest BCUT2D eigenvalue weighted by molar-refractivity contribution is -0.202. The highest BCUT2D eigenvalue weighted by molar-refractivity contribution is 7.52. The first-order valence-electron chi connectivity index (χ1n) is 13.2. The van der Waals surface area contributed by atoms with Crippen molar-refractivity contribution in [1.29, 1.82) is 0 Å². The van der Waals surface area contributed by atoms with Crippen LogP contribution >= 0.6 is 7.75 Å². The van der Waals surface area contributed by atoms with E-state index < -0.39 is 56.3 Å². The second-order valence-corrected chi connectivity index (χ2v) is 11.8. The van der Waals surface area contributed by atoms with Gasteiger partial charge in [0, 0.05) is 0 Å². The van der Waals surface area contributed by atoms with Gasteiger partial charge in [0.05, 0.1) is 19.0 Å². The zero-order chi connectivity index (χ0) is 30.9. The Bertz CT molecular complexity index is 1460. The molecular weight excluding hydrogens is 579 g/mol. The van der Waals surface area contributed by atoms with Crippen molar-refractivity contribution >= 4 is 24.9 Å². The Morgan fingerprint density at radius 1 is 1.24 bits per heavy atom. The number of hydrogen-bond acceptors (Lipinski definition) is 11. The number of benzene rings is 1. The molecule has 1 saturated heterocycles. The number of rotatable bonds is 12. The molecule has 0 amide bonds. The van der Waals surface area contributed by atoms with Gasteiger partial charge in [0.1, 0.15) is 24.2 Å². The normalized spacial score (nSPS) is 26.2. The van der Waals surface area contributed by atoms with Gasteiger partial charge in [-0.05, 0) is 53.7 Å². The van der Waals surface area contributed by atoms with Crippen molar-refractivity contribution in [3.05, 3.63) is 42.5 Å². The fourth-order valence-corrected chi connectivity index (χ4v) is 5.78. The number of aliphatic hydroxyl groups is 1. The van der Waals surface area contributed by atoms with Crippen LogP contribution in [0.2, 0.25) is 0 Å². The Morgan fingerprint density at radius 2 is 1.93 bits per heavy atom. The molecule has 3 aromatic rings. The molecule has 1 aliphatic heterocycles. The van der Waals surface area contributed by atoms with Crippen LogP contribution in [-0.4, -0.2) is 73.6 Å². The predicted molar refractivity (Wildman–Crippen MR) is 145 cm³/mol. The molecule has 42 heavy (non-hydrogen) atoms. The number of nitrogens with zero attached hydrogens (tertiary/aromatic N) is 4. The van der Waals surface area contributed by atoms with E-state index in [1.807, 2.05) is 0 Å². The summed E-state index contributed by atoms with van der Waals surface area (Å²) in [5, 5.41) is 13.2. The Morgan fingerprint density at radius 3 is 2.57 bits per heavy atom. The van der Waals surface area contributed by atoms with Crippen LogP contribution in [0.3, 0.4) is 0 Å². The summed E-state index contributed by atoms with van der Waals surface area (Å²) in [5.74, 6) is -3.52. The van der Waals surface area contributed by atoms with Gasteiger partial charge in [-0.3, -0.25) is 13.9 Å². The molecule has 230 valence electrons. The number of nitrogens with one attached hydrogen (secondary N) is 1. The standard InChI is InChI=1S/C26H34F2N5O8P/c1-7-37-21-19-20(30-17(5)31-21)33(14-29-19)24-25(6,27)23(35)26(28,40-24)13-38-42(36,41-18-11-9-8-10-12-18)32-16(4)22(34)39-15(2)3/h8-12,14-16,23-24,35H,7,13H2,1-6H3,(H,32,36)/t16-,23-,24+,25+,26+,42+/m0/s1. The topological polar surface area (TPSA) is 156 Å². The number of carbonyl (C=O) groups is 1. The van der Waals surface area contributed by atoms with Gasteiger partial charge in [0.15, 0.2) is 29.2 Å². The van der Waals surface area contributed by atoms with Crippen LogP contribution in [0.4, 0.5) is 8.78 Å². The maximum absolute atomic E-state index is 16.2. The highest BCUT2D eigenvalue weighted by atomic mass is 31.2. The zero-order valence-electron chi connectivity index (χ0n) is 24.0. The van der Waals surface area contributed by atoms with Gasteiger partial charge in [0.25, 0.3) is 5.85 Å². The number of aryl methyl sites for hydroxylation is 1. The largest absolute Gasteiger partial charge is 0.476 e. The minimum Gasteiger partial charge on any atom is -0.476 e. The molecule has 3 heterocycles. The first-order chi connectivity index (χ1) is 19.7. The number of carbonyl (C=O) groups excluding carboxylic acids is 1. The van der Waals surface area contributed by atoms with Gasteiger partial charge in [-0.2, -0.15) is 10.1 Å². The van der Waals surface area contributed by atoms with Crippen molar-refractivity contribution in [1.82, 2.24) is 24.6 Å². The minimum atomic E-state index is -4.56. The molecule has 6 atom stereocenters. The van der Waals surface area contributed by atoms with Gasteiger partial charge in [0.2, 0.25) is 5.88 Å². The molecule has 4 rings (SSSR count). The smallest absolute Gasteiger partial charge is 0.459 e. The Balaban J connectivity index is 1.61.